The lowest BCUT2D eigenvalue weighted by molar-refractivity contribution is -0.173. The monoisotopic (exact) mass is 288 g/mol. The average Bonchev–Trinajstić information content (AvgIpc) is 2.83. The number of rotatable bonds is 5. The van der Waals surface area contributed by atoms with Crippen LogP contribution in [0.1, 0.15) is 5.82 Å². The van der Waals surface area contributed by atoms with Crippen LogP contribution in [0, 0.1) is 0 Å². The van der Waals surface area contributed by atoms with Crippen LogP contribution in [-0.2, 0) is 11.2 Å². The molecule has 0 atom stereocenters. The Balaban J connectivity index is 1.92. The summed E-state index contributed by atoms with van der Waals surface area (Å²) in [4.78, 5) is 7.98. The van der Waals surface area contributed by atoms with Crippen LogP contribution in [0.5, 0.6) is 0 Å². The van der Waals surface area contributed by atoms with Crippen molar-refractivity contribution in [1.82, 2.24) is 15.1 Å². The molecule has 2 N–H and O–H groups in total. The highest BCUT2D eigenvalue weighted by molar-refractivity contribution is 5.65. The lowest BCUT2D eigenvalue weighted by atomic mass is 10.3. The summed E-state index contributed by atoms with van der Waals surface area (Å²) in [5.41, 5.74) is 6.40. The van der Waals surface area contributed by atoms with E-state index in [-0.39, 0.29) is 24.7 Å². The molecule has 0 aliphatic rings. The summed E-state index contributed by atoms with van der Waals surface area (Å²) in [6.45, 7) is -1.46. The molecule has 2 heterocycles. The Kier molecular flexibility index (Phi) is 4.18. The van der Waals surface area contributed by atoms with E-state index in [0.717, 1.165) is 0 Å². The van der Waals surface area contributed by atoms with E-state index in [9.17, 15) is 13.2 Å². The molecule has 108 valence electrons. The second kappa shape index (κ2) is 5.87. The van der Waals surface area contributed by atoms with Crippen molar-refractivity contribution in [1.29, 1.82) is 0 Å². The number of pyridine rings is 1. The van der Waals surface area contributed by atoms with Crippen LogP contribution in [0.4, 0.5) is 18.9 Å². The Hall–Kier alpha value is -2.16. The van der Waals surface area contributed by atoms with Gasteiger partial charge in [-0.3, -0.25) is 0 Å². The second-order valence-electron chi connectivity index (χ2n) is 3.87. The molecule has 2 rings (SSSR count). The van der Waals surface area contributed by atoms with Crippen molar-refractivity contribution in [3.05, 3.63) is 24.2 Å². The fraction of sp³-hybridized carbons (Fsp3) is 0.364. The molecule has 0 radical (unpaired) electrons. The van der Waals surface area contributed by atoms with Crippen molar-refractivity contribution in [2.45, 2.75) is 12.6 Å². The number of halogens is 3. The van der Waals surface area contributed by atoms with Crippen molar-refractivity contribution in [2.75, 3.05) is 18.9 Å². The molecular weight excluding hydrogens is 277 g/mol. The number of aromatic nitrogens is 3. The van der Waals surface area contributed by atoms with Crippen LogP contribution in [0.25, 0.3) is 11.6 Å². The van der Waals surface area contributed by atoms with Crippen LogP contribution < -0.4 is 5.73 Å². The Labute approximate surface area is 111 Å². The number of hydrogen-bond acceptors (Lipinski definition) is 6. The first kappa shape index (κ1) is 14.3. The first-order valence-electron chi connectivity index (χ1n) is 5.63. The first-order chi connectivity index (χ1) is 9.46. The maximum Gasteiger partial charge on any atom is 0.411 e. The molecule has 0 bridgehead atoms. The molecule has 0 spiro atoms. The van der Waals surface area contributed by atoms with Gasteiger partial charge in [0.1, 0.15) is 6.61 Å². The minimum absolute atomic E-state index is 0.103. The smallest absolute Gasteiger partial charge is 0.397 e. The number of nitrogens with zero attached hydrogens (tertiary/aromatic N) is 3. The van der Waals surface area contributed by atoms with Gasteiger partial charge in [-0.25, -0.2) is 4.98 Å². The van der Waals surface area contributed by atoms with E-state index < -0.39 is 12.8 Å². The molecule has 9 heteroatoms. The molecule has 0 unspecified atom stereocenters. The fourth-order valence-corrected chi connectivity index (χ4v) is 1.40. The SMILES string of the molecule is Nc1cccnc1-c1nc(CCOCC(F)(F)F)no1. The van der Waals surface area contributed by atoms with Crippen molar-refractivity contribution in [3.63, 3.8) is 0 Å². The zero-order valence-electron chi connectivity index (χ0n) is 10.2. The van der Waals surface area contributed by atoms with Crippen LogP contribution in [0.2, 0.25) is 0 Å². The van der Waals surface area contributed by atoms with E-state index in [4.69, 9.17) is 10.3 Å². The summed E-state index contributed by atoms with van der Waals surface area (Å²) in [7, 11) is 0. The predicted octanol–water partition coefficient (Wildman–Crippen LogP) is 1.84. The maximum absolute atomic E-state index is 11.9. The van der Waals surface area contributed by atoms with Gasteiger partial charge in [0.15, 0.2) is 11.5 Å². The quantitative estimate of drug-likeness (QED) is 0.845. The third kappa shape index (κ3) is 3.92. The normalized spacial score (nSPS) is 11.8. The highest BCUT2D eigenvalue weighted by Gasteiger charge is 2.27. The van der Waals surface area contributed by atoms with Crippen molar-refractivity contribution in [3.8, 4) is 11.6 Å². The predicted molar refractivity (Wildman–Crippen MR) is 62.5 cm³/mol. The molecule has 0 aromatic carbocycles. The van der Waals surface area contributed by atoms with E-state index in [2.05, 4.69) is 19.9 Å². The molecular formula is C11H11F3N4O2. The Morgan fingerprint density at radius 2 is 2.15 bits per heavy atom. The standard InChI is InChI=1S/C11H11F3N4O2/c12-11(13,14)6-19-5-3-8-17-10(20-18-8)9-7(15)2-1-4-16-9/h1-2,4H,3,5-6,15H2. The summed E-state index contributed by atoms with van der Waals surface area (Å²) in [6.07, 6.45) is -2.72. The van der Waals surface area contributed by atoms with E-state index in [1.165, 1.54) is 6.20 Å². The highest BCUT2D eigenvalue weighted by atomic mass is 19.4. The van der Waals surface area contributed by atoms with Gasteiger partial charge in [0.25, 0.3) is 5.89 Å². The molecule has 0 aliphatic heterocycles. The third-order valence-corrected chi connectivity index (χ3v) is 2.25. The van der Waals surface area contributed by atoms with Crippen LogP contribution in [-0.4, -0.2) is 34.5 Å². The molecule has 6 nitrogen and oxygen atoms in total. The van der Waals surface area contributed by atoms with Gasteiger partial charge in [0.05, 0.1) is 12.3 Å². The number of ether oxygens (including phenoxy) is 1. The van der Waals surface area contributed by atoms with E-state index in [0.29, 0.717) is 11.4 Å². The lowest BCUT2D eigenvalue weighted by Crippen LogP contribution is -2.18. The molecule has 2 aromatic heterocycles. The molecule has 0 saturated heterocycles. The number of alkyl halides is 3. The molecule has 0 amide bonds. The van der Waals surface area contributed by atoms with E-state index >= 15 is 0 Å². The molecule has 20 heavy (non-hydrogen) atoms. The van der Waals surface area contributed by atoms with Crippen molar-refractivity contribution >= 4 is 5.69 Å². The zero-order chi connectivity index (χ0) is 14.6. The first-order valence-corrected chi connectivity index (χ1v) is 5.63. The Morgan fingerprint density at radius 3 is 2.85 bits per heavy atom. The fourth-order valence-electron chi connectivity index (χ4n) is 1.40. The summed E-state index contributed by atoms with van der Waals surface area (Å²) < 4.78 is 45.0. The molecule has 0 saturated carbocycles. The van der Waals surface area contributed by atoms with Gasteiger partial charge in [-0.2, -0.15) is 18.2 Å². The highest BCUT2D eigenvalue weighted by Crippen LogP contribution is 2.20. The number of nitrogens with two attached hydrogens (primary N) is 1. The summed E-state index contributed by atoms with van der Waals surface area (Å²) >= 11 is 0. The minimum Gasteiger partial charge on any atom is -0.397 e. The largest absolute Gasteiger partial charge is 0.411 e. The van der Waals surface area contributed by atoms with Crippen molar-refractivity contribution in [2.24, 2.45) is 0 Å². The van der Waals surface area contributed by atoms with Gasteiger partial charge in [-0.1, -0.05) is 5.16 Å². The number of anilines is 1. The van der Waals surface area contributed by atoms with Gasteiger partial charge >= 0.3 is 6.18 Å². The minimum atomic E-state index is -4.34. The number of nitrogen functional groups attached to an aromatic ring is 1. The lowest BCUT2D eigenvalue weighted by Gasteiger charge is -2.05. The van der Waals surface area contributed by atoms with Gasteiger partial charge in [-0.05, 0) is 12.1 Å². The summed E-state index contributed by atoms with van der Waals surface area (Å²) in [6, 6.07) is 3.28. The maximum atomic E-state index is 11.9. The second-order valence-corrected chi connectivity index (χ2v) is 3.87. The average molecular weight is 288 g/mol. The number of hydrogen-bond donors (Lipinski definition) is 1. The Bertz CT molecular complexity index is 571. The van der Waals surface area contributed by atoms with Crippen molar-refractivity contribution < 1.29 is 22.4 Å². The van der Waals surface area contributed by atoms with Gasteiger partial charge in [-0.15, -0.1) is 0 Å². The summed E-state index contributed by atoms with van der Waals surface area (Å²) in [5.74, 6) is 0.348. The Morgan fingerprint density at radius 1 is 1.35 bits per heavy atom. The van der Waals surface area contributed by atoms with Crippen LogP contribution in [0.3, 0.4) is 0 Å². The third-order valence-electron chi connectivity index (χ3n) is 2.25. The molecule has 0 fully saturated rings. The van der Waals surface area contributed by atoms with Crippen LogP contribution >= 0.6 is 0 Å². The summed E-state index contributed by atoms with van der Waals surface area (Å²) in [5, 5.41) is 3.62. The molecule has 0 aliphatic carbocycles. The van der Waals surface area contributed by atoms with E-state index in [1.54, 1.807) is 12.1 Å². The van der Waals surface area contributed by atoms with Gasteiger partial charge in [0.2, 0.25) is 0 Å². The van der Waals surface area contributed by atoms with Crippen LogP contribution in [0.15, 0.2) is 22.9 Å². The van der Waals surface area contributed by atoms with E-state index in [1.807, 2.05) is 0 Å². The van der Waals surface area contributed by atoms with Gasteiger partial charge < -0.3 is 15.0 Å². The topological polar surface area (TPSA) is 87.1 Å². The van der Waals surface area contributed by atoms with Gasteiger partial charge in [0, 0.05) is 12.6 Å². The molecule has 2 aromatic rings. The zero-order valence-corrected chi connectivity index (χ0v) is 10.2.